The Morgan fingerprint density at radius 1 is 1.11 bits per heavy atom. The Hall–Kier alpha value is -1.19. The zero-order chi connectivity index (χ0) is 14.3. The smallest absolute Gasteiger partial charge is 0.239 e. The molecule has 3 amide bonds. The molecule has 0 N–H and O–H groups in total. The van der Waals surface area contributed by atoms with E-state index >= 15 is 0 Å². The maximum atomic E-state index is 11.8. The standard InChI is InChI=1S/C15H25NO3/c1-3-4-5-6-7-8-9-10-13-11-14(18)16(12(2)17)15(13)19/h13H,3-11H2,1-2H3. The number of rotatable bonds is 8. The predicted octanol–water partition coefficient (Wildman–Crippen LogP) is 3.05. The maximum Gasteiger partial charge on any atom is 0.239 e. The fourth-order valence-electron chi connectivity index (χ4n) is 2.60. The monoisotopic (exact) mass is 267 g/mol. The zero-order valence-electron chi connectivity index (χ0n) is 12.1. The van der Waals surface area contributed by atoms with Gasteiger partial charge in [-0.15, -0.1) is 0 Å². The van der Waals surface area contributed by atoms with E-state index in [1.165, 1.54) is 39.0 Å². The fourth-order valence-corrected chi connectivity index (χ4v) is 2.60. The molecule has 1 unspecified atom stereocenters. The molecule has 4 heteroatoms. The summed E-state index contributed by atoms with van der Waals surface area (Å²) in [6.07, 6.45) is 9.33. The number of carbonyl (C=O) groups excluding carboxylic acids is 3. The van der Waals surface area contributed by atoms with Gasteiger partial charge in [-0.1, -0.05) is 51.9 Å². The van der Waals surface area contributed by atoms with Crippen LogP contribution in [0.5, 0.6) is 0 Å². The van der Waals surface area contributed by atoms with Gasteiger partial charge in [-0.25, -0.2) is 4.90 Å². The van der Waals surface area contributed by atoms with Gasteiger partial charge in [-0.3, -0.25) is 14.4 Å². The van der Waals surface area contributed by atoms with E-state index in [9.17, 15) is 14.4 Å². The Labute approximate surface area is 115 Å². The molecule has 0 aromatic rings. The van der Waals surface area contributed by atoms with Gasteiger partial charge >= 0.3 is 0 Å². The molecule has 1 atom stereocenters. The third-order valence-electron chi connectivity index (χ3n) is 3.71. The molecular formula is C15H25NO3. The van der Waals surface area contributed by atoms with Crippen molar-refractivity contribution in [2.75, 3.05) is 0 Å². The second-order valence-electron chi connectivity index (χ2n) is 5.40. The predicted molar refractivity (Wildman–Crippen MR) is 73.3 cm³/mol. The van der Waals surface area contributed by atoms with Crippen LogP contribution < -0.4 is 0 Å². The van der Waals surface area contributed by atoms with Crippen molar-refractivity contribution >= 4 is 17.7 Å². The third-order valence-corrected chi connectivity index (χ3v) is 3.71. The van der Waals surface area contributed by atoms with Gasteiger partial charge in [0.05, 0.1) is 0 Å². The molecule has 1 saturated heterocycles. The lowest BCUT2D eigenvalue weighted by Gasteiger charge is -2.10. The highest BCUT2D eigenvalue weighted by molar-refractivity contribution is 6.15. The molecule has 1 heterocycles. The molecule has 0 spiro atoms. The number of unbranched alkanes of at least 4 members (excludes halogenated alkanes) is 6. The number of amides is 3. The topological polar surface area (TPSA) is 54.5 Å². The summed E-state index contributed by atoms with van der Waals surface area (Å²) in [5, 5.41) is 0. The number of carbonyl (C=O) groups is 3. The quantitative estimate of drug-likeness (QED) is 0.501. The molecule has 0 saturated carbocycles. The van der Waals surface area contributed by atoms with Crippen LogP contribution in [0, 0.1) is 5.92 Å². The van der Waals surface area contributed by atoms with E-state index in [4.69, 9.17) is 0 Å². The van der Waals surface area contributed by atoms with Crippen molar-refractivity contribution in [2.45, 2.75) is 71.6 Å². The second kappa shape index (κ2) is 8.08. The Balaban J connectivity index is 2.19. The van der Waals surface area contributed by atoms with Crippen LogP contribution in [-0.2, 0) is 14.4 Å². The van der Waals surface area contributed by atoms with Gasteiger partial charge in [0.25, 0.3) is 0 Å². The molecule has 4 nitrogen and oxygen atoms in total. The summed E-state index contributed by atoms with van der Waals surface area (Å²) >= 11 is 0. The summed E-state index contributed by atoms with van der Waals surface area (Å²) in [6, 6.07) is 0. The van der Waals surface area contributed by atoms with Crippen molar-refractivity contribution in [3.8, 4) is 0 Å². The average Bonchev–Trinajstić information content (AvgIpc) is 2.63. The minimum Gasteiger partial charge on any atom is -0.274 e. The van der Waals surface area contributed by atoms with E-state index in [2.05, 4.69) is 6.92 Å². The van der Waals surface area contributed by atoms with E-state index in [1.54, 1.807) is 0 Å². The molecule has 0 aliphatic carbocycles. The van der Waals surface area contributed by atoms with Crippen LogP contribution in [-0.4, -0.2) is 22.6 Å². The fraction of sp³-hybridized carbons (Fsp3) is 0.800. The molecule has 0 aromatic carbocycles. The van der Waals surface area contributed by atoms with Crippen LogP contribution >= 0.6 is 0 Å². The molecule has 0 radical (unpaired) electrons. The van der Waals surface area contributed by atoms with Gasteiger partial charge in [0, 0.05) is 19.3 Å². The van der Waals surface area contributed by atoms with Crippen molar-refractivity contribution < 1.29 is 14.4 Å². The lowest BCUT2D eigenvalue weighted by molar-refractivity contribution is -0.148. The molecule has 1 fully saturated rings. The minimum absolute atomic E-state index is 0.217. The number of likely N-dealkylation sites (tertiary alicyclic amines) is 1. The molecule has 19 heavy (non-hydrogen) atoms. The lowest BCUT2D eigenvalue weighted by atomic mass is 9.99. The van der Waals surface area contributed by atoms with E-state index in [0.29, 0.717) is 0 Å². The number of nitrogens with zero attached hydrogens (tertiary/aromatic N) is 1. The number of hydrogen-bond acceptors (Lipinski definition) is 3. The van der Waals surface area contributed by atoms with Gasteiger partial charge < -0.3 is 0 Å². The molecule has 108 valence electrons. The summed E-state index contributed by atoms with van der Waals surface area (Å²) in [6.45, 7) is 3.47. The molecule has 1 rings (SSSR count). The summed E-state index contributed by atoms with van der Waals surface area (Å²) in [5.41, 5.74) is 0. The van der Waals surface area contributed by atoms with Gasteiger partial charge in [-0.2, -0.15) is 0 Å². The van der Waals surface area contributed by atoms with E-state index in [0.717, 1.165) is 24.2 Å². The zero-order valence-corrected chi connectivity index (χ0v) is 12.1. The lowest BCUT2D eigenvalue weighted by Crippen LogP contribution is -2.34. The molecule has 0 aromatic heterocycles. The number of hydrogen-bond donors (Lipinski definition) is 0. The summed E-state index contributed by atoms with van der Waals surface area (Å²) < 4.78 is 0. The Bertz CT molecular complexity index is 338. The van der Waals surface area contributed by atoms with Gasteiger partial charge in [0.15, 0.2) is 0 Å². The van der Waals surface area contributed by atoms with E-state index in [-0.39, 0.29) is 24.2 Å². The van der Waals surface area contributed by atoms with Crippen molar-refractivity contribution in [3.63, 3.8) is 0 Å². The first-order valence-corrected chi connectivity index (χ1v) is 7.45. The van der Waals surface area contributed by atoms with Crippen LogP contribution in [0.15, 0.2) is 0 Å². The van der Waals surface area contributed by atoms with Crippen molar-refractivity contribution in [1.29, 1.82) is 0 Å². The average molecular weight is 267 g/mol. The summed E-state index contributed by atoms with van der Waals surface area (Å²) in [7, 11) is 0. The van der Waals surface area contributed by atoms with Crippen molar-refractivity contribution in [1.82, 2.24) is 4.90 Å². The van der Waals surface area contributed by atoms with Gasteiger partial charge in [-0.05, 0) is 6.42 Å². The Morgan fingerprint density at radius 3 is 2.21 bits per heavy atom. The van der Waals surface area contributed by atoms with E-state index < -0.39 is 5.91 Å². The minimum atomic E-state index is -0.447. The van der Waals surface area contributed by atoms with Crippen LogP contribution in [0.4, 0.5) is 0 Å². The summed E-state index contributed by atoms with van der Waals surface area (Å²) in [5.74, 6) is -1.32. The van der Waals surface area contributed by atoms with Crippen molar-refractivity contribution in [3.05, 3.63) is 0 Å². The molecule has 1 aliphatic rings. The van der Waals surface area contributed by atoms with Gasteiger partial charge in [0.2, 0.25) is 17.7 Å². The first-order valence-electron chi connectivity index (χ1n) is 7.45. The highest BCUT2D eigenvalue weighted by Crippen LogP contribution is 2.25. The third kappa shape index (κ3) is 4.77. The van der Waals surface area contributed by atoms with Crippen LogP contribution in [0.2, 0.25) is 0 Å². The Kier molecular flexibility index (Phi) is 6.74. The highest BCUT2D eigenvalue weighted by atomic mass is 16.2. The normalized spacial score (nSPS) is 19.3. The van der Waals surface area contributed by atoms with Crippen molar-refractivity contribution in [2.24, 2.45) is 5.92 Å². The number of imide groups is 3. The molecule has 1 aliphatic heterocycles. The first kappa shape index (κ1) is 15.9. The summed E-state index contributed by atoms with van der Waals surface area (Å²) in [4.78, 5) is 35.4. The second-order valence-corrected chi connectivity index (χ2v) is 5.40. The largest absolute Gasteiger partial charge is 0.274 e. The SMILES string of the molecule is CCCCCCCCCC1CC(=O)N(C(C)=O)C1=O. The van der Waals surface area contributed by atoms with Gasteiger partial charge in [0.1, 0.15) is 0 Å². The molecule has 0 bridgehead atoms. The first-order chi connectivity index (χ1) is 9.07. The van der Waals surface area contributed by atoms with Crippen LogP contribution in [0.3, 0.4) is 0 Å². The maximum absolute atomic E-state index is 11.8. The van der Waals surface area contributed by atoms with Crippen LogP contribution in [0.1, 0.15) is 71.6 Å². The highest BCUT2D eigenvalue weighted by Gasteiger charge is 2.40. The van der Waals surface area contributed by atoms with E-state index in [1.807, 2.05) is 0 Å². The molecular weight excluding hydrogens is 242 g/mol. The van der Waals surface area contributed by atoms with Crippen LogP contribution in [0.25, 0.3) is 0 Å². The Morgan fingerprint density at radius 2 is 1.68 bits per heavy atom.